The first kappa shape index (κ1) is 16.0. The van der Waals surface area contributed by atoms with Gasteiger partial charge in [-0.1, -0.05) is 6.92 Å². The molecule has 0 saturated heterocycles. The van der Waals surface area contributed by atoms with Crippen molar-refractivity contribution in [2.45, 2.75) is 27.2 Å². The van der Waals surface area contributed by atoms with Crippen LogP contribution >= 0.6 is 0 Å². The van der Waals surface area contributed by atoms with Gasteiger partial charge in [0.25, 0.3) is 5.91 Å². The molecule has 0 bridgehead atoms. The summed E-state index contributed by atoms with van der Waals surface area (Å²) in [5.74, 6) is -0.517. The molecule has 1 amide bonds. The highest BCUT2D eigenvalue weighted by Crippen LogP contribution is 2.15. The molecule has 0 aliphatic rings. The third-order valence-corrected chi connectivity index (χ3v) is 2.86. The van der Waals surface area contributed by atoms with E-state index in [2.05, 4.69) is 5.32 Å². The molecule has 20 heavy (non-hydrogen) atoms. The summed E-state index contributed by atoms with van der Waals surface area (Å²) in [6, 6.07) is 6.78. The Kier molecular flexibility index (Phi) is 5.55. The summed E-state index contributed by atoms with van der Waals surface area (Å²) in [4.78, 5) is 22.8. The third kappa shape index (κ3) is 4.57. The highest BCUT2D eigenvalue weighted by molar-refractivity contribution is 5.94. The number of nitrogens with one attached hydrogen (secondary N) is 1. The van der Waals surface area contributed by atoms with Gasteiger partial charge >= 0.3 is 5.97 Å². The Morgan fingerprint density at radius 2 is 1.85 bits per heavy atom. The fourth-order valence-corrected chi connectivity index (χ4v) is 1.40. The van der Waals surface area contributed by atoms with E-state index < -0.39 is 11.4 Å². The van der Waals surface area contributed by atoms with Crippen LogP contribution in [-0.4, -0.2) is 30.1 Å². The van der Waals surface area contributed by atoms with Crippen molar-refractivity contribution in [3.8, 4) is 5.75 Å². The largest absolute Gasteiger partial charge is 0.494 e. The molecule has 2 N–H and O–H groups in total. The second-order valence-electron chi connectivity index (χ2n) is 5.24. The van der Waals surface area contributed by atoms with Gasteiger partial charge in [0.05, 0.1) is 12.0 Å². The Morgan fingerprint density at radius 3 is 2.35 bits per heavy atom. The van der Waals surface area contributed by atoms with Crippen LogP contribution in [0, 0.1) is 5.41 Å². The molecule has 0 aliphatic carbocycles. The van der Waals surface area contributed by atoms with Gasteiger partial charge in [-0.15, -0.1) is 0 Å². The maximum atomic E-state index is 11.9. The summed E-state index contributed by atoms with van der Waals surface area (Å²) in [5, 5.41) is 11.6. The number of carbonyl (C=O) groups is 2. The van der Waals surface area contributed by atoms with Gasteiger partial charge in [-0.05, 0) is 44.5 Å². The van der Waals surface area contributed by atoms with E-state index in [4.69, 9.17) is 9.84 Å². The van der Waals surface area contributed by atoms with Gasteiger partial charge in [0.2, 0.25) is 0 Å². The topological polar surface area (TPSA) is 75.6 Å². The molecule has 0 aromatic heterocycles. The standard InChI is InChI=1S/C15H21NO4/c1-4-9-20-12-7-5-11(6-8-12)13(17)16-10-15(2,3)14(18)19/h5-8H,4,9-10H2,1-3H3,(H,16,17)(H,18,19). The molecule has 0 unspecified atom stereocenters. The Morgan fingerprint density at radius 1 is 1.25 bits per heavy atom. The van der Waals surface area contributed by atoms with Crippen LogP contribution in [0.2, 0.25) is 0 Å². The molecular formula is C15H21NO4. The molecule has 0 aliphatic heterocycles. The molecule has 1 aromatic rings. The minimum absolute atomic E-state index is 0.0786. The molecule has 5 heteroatoms. The fourth-order valence-electron chi connectivity index (χ4n) is 1.40. The first-order valence-electron chi connectivity index (χ1n) is 6.61. The van der Waals surface area contributed by atoms with Crippen molar-refractivity contribution in [2.75, 3.05) is 13.2 Å². The van der Waals surface area contributed by atoms with Gasteiger partial charge < -0.3 is 15.2 Å². The van der Waals surface area contributed by atoms with Crippen LogP contribution in [0.5, 0.6) is 5.75 Å². The third-order valence-electron chi connectivity index (χ3n) is 2.86. The number of ether oxygens (including phenoxy) is 1. The van der Waals surface area contributed by atoms with E-state index in [1.807, 2.05) is 6.92 Å². The number of carboxylic acid groups (broad SMARTS) is 1. The van der Waals surface area contributed by atoms with Gasteiger partial charge in [-0.25, -0.2) is 0 Å². The number of carbonyl (C=O) groups excluding carboxylic acids is 1. The molecule has 0 atom stereocenters. The van der Waals surface area contributed by atoms with Crippen LogP contribution in [0.15, 0.2) is 24.3 Å². The number of amides is 1. The maximum absolute atomic E-state index is 11.9. The number of hydrogen-bond donors (Lipinski definition) is 2. The van der Waals surface area contributed by atoms with Crippen LogP contribution in [0.25, 0.3) is 0 Å². The lowest BCUT2D eigenvalue weighted by atomic mass is 9.94. The van der Waals surface area contributed by atoms with Crippen molar-refractivity contribution in [1.29, 1.82) is 0 Å². The lowest BCUT2D eigenvalue weighted by molar-refractivity contribution is -0.146. The van der Waals surface area contributed by atoms with Crippen LogP contribution in [-0.2, 0) is 4.79 Å². The van der Waals surface area contributed by atoms with Crippen molar-refractivity contribution < 1.29 is 19.4 Å². The van der Waals surface area contributed by atoms with E-state index in [0.29, 0.717) is 17.9 Å². The molecule has 0 radical (unpaired) electrons. The fraction of sp³-hybridized carbons (Fsp3) is 0.467. The van der Waals surface area contributed by atoms with E-state index in [9.17, 15) is 9.59 Å². The molecule has 0 heterocycles. The summed E-state index contributed by atoms with van der Waals surface area (Å²) in [5.41, 5.74) is -0.505. The van der Waals surface area contributed by atoms with Crippen LogP contribution in [0.1, 0.15) is 37.6 Å². The normalized spacial score (nSPS) is 10.9. The number of aliphatic carboxylic acids is 1. The Balaban J connectivity index is 2.58. The maximum Gasteiger partial charge on any atom is 0.310 e. The smallest absolute Gasteiger partial charge is 0.310 e. The van der Waals surface area contributed by atoms with Crippen LogP contribution in [0.4, 0.5) is 0 Å². The van der Waals surface area contributed by atoms with E-state index in [-0.39, 0.29) is 12.5 Å². The summed E-state index contributed by atoms with van der Waals surface area (Å²) >= 11 is 0. The first-order valence-corrected chi connectivity index (χ1v) is 6.61. The second kappa shape index (κ2) is 6.93. The highest BCUT2D eigenvalue weighted by Gasteiger charge is 2.27. The van der Waals surface area contributed by atoms with Crippen LogP contribution < -0.4 is 10.1 Å². The SMILES string of the molecule is CCCOc1ccc(C(=O)NCC(C)(C)C(=O)O)cc1. The van der Waals surface area contributed by atoms with Gasteiger partial charge in [0.15, 0.2) is 0 Å². The Labute approximate surface area is 118 Å². The van der Waals surface area contributed by atoms with E-state index in [0.717, 1.165) is 6.42 Å². The predicted molar refractivity (Wildman–Crippen MR) is 76.0 cm³/mol. The zero-order valence-electron chi connectivity index (χ0n) is 12.1. The average Bonchev–Trinajstić information content (AvgIpc) is 2.43. The summed E-state index contributed by atoms with van der Waals surface area (Å²) in [6.07, 6.45) is 0.923. The summed E-state index contributed by atoms with van der Waals surface area (Å²) in [7, 11) is 0. The molecule has 1 rings (SSSR count). The monoisotopic (exact) mass is 279 g/mol. The molecule has 1 aromatic carbocycles. The van der Waals surface area contributed by atoms with Gasteiger partial charge in [0.1, 0.15) is 5.75 Å². The lowest BCUT2D eigenvalue weighted by Crippen LogP contribution is -2.38. The molecule has 0 fully saturated rings. The number of carboxylic acids is 1. The zero-order valence-corrected chi connectivity index (χ0v) is 12.1. The molecule has 0 spiro atoms. The minimum Gasteiger partial charge on any atom is -0.494 e. The number of hydrogen-bond acceptors (Lipinski definition) is 3. The predicted octanol–water partition coefficient (Wildman–Crippen LogP) is 2.32. The molecular weight excluding hydrogens is 258 g/mol. The number of benzene rings is 1. The molecule has 5 nitrogen and oxygen atoms in total. The molecule has 110 valence electrons. The van der Waals surface area contributed by atoms with E-state index >= 15 is 0 Å². The van der Waals surface area contributed by atoms with Gasteiger partial charge in [0, 0.05) is 12.1 Å². The highest BCUT2D eigenvalue weighted by atomic mass is 16.5. The van der Waals surface area contributed by atoms with E-state index in [1.165, 1.54) is 0 Å². The Hall–Kier alpha value is -2.04. The van der Waals surface area contributed by atoms with Crippen molar-refractivity contribution in [3.05, 3.63) is 29.8 Å². The first-order chi connectivity index (χ1) is 9.36. The second-order valence-corrected chi connectivity index (χ2v) is 5.24. The molecule has 0 saturated carbocycles. The lowest BCUT2D eigenvalue weighted by Gasteiger charge is -2.19. The van der Waals surface area contributed by atoms with Crippen molar-refractivity contribution in [3.63, 3.8) is 0 Å². The zero-order chi connectivity index (χ0) is 15.2. The average molecular weight is 279 g/mol. The van der Waals surface area contributed by atoms with Crippen molar-refractivity contribution >= 4 is 11.9 Å². The summed E-state index contributed by atoms with van der Waals surface area (Å²) < 4.78 is 5.43. The van der Waals surface area contributed by atoms with Crippen molar-refractivity contribution in [1.82, 2.24) is 5.32 Å². The number of rotatable bonds is 7. The van der Waals surface area contributed by atoms with Gasteiger partial charge in [-0.2, -0.15) is 0 Å². The van der Waals surface area contributed by atoms with Crippen LogP contribution in [0.3, 0.4) is 0 Å². The minimum atomic E-state index is -0.986. The van der Waals surface area contributed by atoms with Gasteiger partial charge in [-0.3, -0.25) is 9.59 Å². The quantitative estimate of drug-likeness (QED) is 0.803. The van der Waals surface area contributed by atoms with E-state index in [1.54, 1.807) is 38.1 Å². The summed E-state index contributed by atoms with van der Waals surface area (Å²) in [6.45, 7) is 5.87. The Bertz CT molecular complexity index is 465. The van der Waals surface area contributed by atoms with Crippen molar-refractivity contribution in [2.24, 2.45) is 5.41 Å².